The third-order valence-electron chi connectivity index (χ3n) is 3.94. The number of hydrogen-bond acceptors (Lipinski definition) is 4. The number of aromatic nitrogens is 3. The second kappa shape index (κ2) is 9.24. The Hall–Kier alpha value is -2.05. The van der Waals surface area contributed by atoms with Gasteiger partial charge in [-0.15, -0.1) is 47.3 Å². The van der Waals surface area contributed by atoms with Crippen molar-refractivity contribution in [3.05, 3.63) is 35.9 Å². The minimum Gasteiger partial charge on any atom is -0.406 e. The van der Waals surface area contributed by atoms with Crippen LogP contribution >= 0.6 is 24.0 Å². The lowest BCUT2D eigenvalue weighted by molar-refractivity contribution is -0.274. The molecule has 2 aromatic rings. The second-order valence-corrected chi connectivity index (χ2v) is 5.89. The van der Waals surface area contributed by atoms with E-state index in [1.165, 1.54) is 30.7 Å². The van der Waals surface area contributed by atoms with Gasteiger partial charge in [0.25, 0.3) is 0 Å². The number of nitrogens with zero attached hydrogens (tertiary/aromatic N) is 4. The molecule has 11 heteroatoms. The van der Waals surface area contributed by atoms with E-state index >= 15 is 0 Å². The number of aliphatic imine (C=N–C) groups is 1. The highest BCUT2D eigenvalue weighted by atomic mass is 127. The lowest BCUT2D eigenvalue weighted by atomic mass is 10.2. The van der Waals surface area contributed by atoms with Crippen LogP contribution in [0.4, 0.5) is 18.9 Å². The van der Waals surface area contributed by atoms with Crippen molar-refractivity contribution >= 4 is 35.6 Å². The third-order valence-corrected chi connectivity index (χ3v) is 3.94. The monoisotopic (exact) mass is 496 g/mol. The van der Waals surface area contributed by atoms with Gasteiger partial charge in [0.05, 0.1) is 0 Å². The molecule has 3 N–H and O–H groups in total. The normalized spacial score (nSPS) is 14.7. The Labute approximate surface area is 171 Å². The van der Waals surface area contributed by atoms with E-state index in [0.717, 1.165) is 37.5 Å². The van der Waals surface area contributed by atoms with E-state index in [0.29, 0.717) is 5.69 Å². The molecule has 0 saturated carbocycles. The number of alkyl halides is 3. The lowest BCUT2D eigenvalue weighted by Crippen LogP contribution is -2.23. The minimum absolute atomic E-state index is 0. The van der Waals surface area contributed by atoms with Crippen LogP contribution < -0.4 is 15.8 Å². The summed E-state index contributed by atoms with van der Waals surface area (Å²) >= 11 is 0. The van der Waals surface area contributed by atoms with E-state index in [4.69, 9.17) is 5.73 Å². The number of ether oxygens (including phenoxy) is 1. The van der Waals surface area contributed by atoms with Crippen molar-refractivity contribution in [2.75, 3.05) is 5.32 Å². The van der Waals surface area contributed by atoms with Crippen molar-refractivity contribution < 1.29 is 17.9 Å². The molecule has 0 fully saturated rings. The Morgan fingerprint density at radius 1 is 1.19 bits per heavy atom. The molecule has 0 spiro atoms. The van der Waals surface area contributed by atoms with Crippen molar-refractivity contribution in [1.82, 2.24) is 14.8 Å². The molecule has 0 atom stereocenters. The van der Waals surface area contributed by atoms with Crippen molar-refractivity contribution in [2.45, 2.75) is 45.1 Å². The summed E-state index contributed by atoms with van der Waals surface area (Å²) in [6, 6.07) is 5.24. The first-order valence-corrected chi connectivity index (χ1v) is 8.24. The van der Waals surface area contributed by atoms with Gasteiger partial charge in [0.1, 0.15) is 18.1 Å². The molecule has 1 aromatic heterocycles. The smallest absolute Gasteiger partial charge is 0.406 e. The third kappa shape index (κ3) is 6.26. The van der Waals surface area contributed by atoms with Crippen molar-refractivity contribution in [3.63, 3.8) is 0 Å². The van der Waals surface area contributed by atoms with Crippen LogP contribution in [0.1, 0.15) is 30.9 Å². The highest BCUT2D eigenvalue weighted by Gasteiger charge is 2.30. The summed E-state index contributed by atoms with van der Waals surface area (Å²) in [6.07, 6.45) is -0.437. The average molecular weight is 496 g/mol. The molecule has 148 valence electrons. The average Bonchev–Trinajstić information content (AvgIpc) is 2.80. The molecule has 1 aliphatic rings. The standard InChI is InChI=1S/C16H19F3N6O.HI/c17-16(18,19)26-12-7-5-11(6-8-12)22-15(20)21-10-14-24-23-13-4-2-1-3-9-25(13)14;/h5-8H,1-4,9-10H2,(H3,20,21,22);1H. The van der Waals surface area contributed by atoms with Crippen LogP contribution in [0.25, 0.3) is 0 Å². The Morgan fingerprint density at radius 2 is 1.93 bits per heavy atom. The van der Waals surface area contributed by atoms with Crippen molar-refractivity contribution in [3.8, 4) is 5.75 Å². The summed E-state index contributed by atoms with van der Waals surface area (Å²) in [6.45, 7) is 1.16. The number of fused-ring (bicyclic) bond motifs is 1. The van der Waals surface area contributed by atoms with Crippen LogP contribution in [0, 0.1) is 0 Å². The number of nitrogens with two attached hydrogens (primary N) is 1. The fraction of sp³-hybridized carbons (Fsp3) is 0.438. The molecule has 0 unspecified atom stereocenters. The molecule has 2 heterocycles. The van der Waals surface area contributed by atoms with Crippen LogP contribution in [0.15, 0.2) is 29.3 Å². The maximum atomic E-state index is 12.1. The van der Waals surface area contributed by atoms with Crippen LogP contribution in [0.3, 0.4) is 0 Å². The molecule has 0 aliphatic carbocycles. The zero-order valence-electron chi connectivity index (χ0n) is 14.4. The maximum Gasteiger partial charge on any atom is 0.573 e. The highest BCUT2D eigenvalue weighted by Crippen LogP contribution is 2.23. The van der Waals surface area contributed by atoms with E-state index in [1.54, 1.807) is 0 Å². The van der Waals surface area contributed by atoms with Crippen molar-refractivity contribution in [1.29, 1.82) is 0 Å². The fourth-order valence-corrected chi connectivity index (χ4v) is 2.75. The first-order chi connectivity index (χ1) is 12.4. The van der Waals surface area contributed by atoms with Gasteiger partial charge in [0.15, 0.2) is 11.8 Å². The van der Waals surface area contributed by atoms with Gasteiger partial charge in [-0.3, -0.25) is 0 Å². The molecule has 0 saturated heterocycles. The van der Waals surface area contributed by atoms with Crippen LogP contribution in [-0.4, -0.2) is 27.1 Å². The number of nitrogens with one attached hydrogen (secondary N) is 1. The predicted molar refractivity (Wildman–Crippen MR) is 105 cm³/mol. The summed E-state index contributed by atoms with van der Waals surface area (Å²) in [5, 5.41) is 11.2. The molecule has 27 heavy (non-hydrogen) atoms. The fourth-order valence-electron chi connectivity index (χ4n) is 2.75. The van der Waals surface area contributed by atoms with Gasteiger partial charge < -0.3 is 20.4 Å². The molecular formula is C16H20F3IN6O. The molecular weight excluding hydrogens is 476 g/mol. The Bertz CT molecular complexity index is 775. The van der Waals surface area contributed by atoms with Gasteiger partial charge in [-0.25, -0.2) is 4.99 Å². The summed E-state index contributed by atoms with van der Waals surface area (Å²) in [4.78, 5) is 4.23. The molecule has 7 nitrogen and oxygen atoms in total. The quantitative estimate of drug-likeness (QED) is 0.385. The van der Waals surface area contributed by atoms with Crippen LogP contribution in [-0.2, 0) is 19.5 Å². The number of guanidine groups is 1. The maximum absolute atomic E-state index is 12.1. The highest BCUT2D eigenvalue weighted by molar-refractivity contribution is 14.0. The summed E-state index contributed by atoms with van der Waals surface area (Å²) in [7, 11) is 0. The summed E-state index contributed by atoms with van der Waals surface area (Å²) < 4.78 is 42.3. The minimum atomic E-state index is -4.72. The number of hydrogen-bond donors (Lipinski definition) is 2. The number of rotatable bonds is 4. The van der Waals surface area contributed by atoms with Gasteiger partial charge in [0, 0.05) is 18.7 Å². The molecule has 1 aromatic carbocycles. The SMILES string of the molecule is I.NC(=NCc1nnc2n1CCCCC2)Nc1ccc(OC(F)(F)F)cc1. The molecule has 1 aliphatic heterocycles. The van der Waals surface area contributed by atoms with Gasteiger partial charge >= 0.3 is 6.36 Å². The van der Waals surface area contributed by atoms with Crippen molar-refractivity contribution in [2.24, 2.45) is 10.7 Å². The van der Waals surface area contributed by atoms with Gasteiger partial charge in [-0.2, -0.15) is 0 Å². The number of aryl methyl sites for hydroxylation is 1. The zero-order chi connectivity index (χ0) is 18.6. The topological polar surface area (TPSA) is 90.4 Å². The Morgan fingerprint density at radius 3 is 2.63 bits per heavy atom. The van der Waals surface area contributed by atoms with E-state index in [1.807, 2.05) is 0 Å². The first kappa shape index (κ1) is 21.3. The van der Waals surface area contributed by atoms with E-state index < -0.39 is 6.36 Å². The molecule has 0 amide bonds. The predicted octanol–water partition coefficient (Wildman–Crippen LogP) is 3.45. The van der Waals surface area contributed by atoms with Crippen LogP contribution in [0.5, 0.6) is 5.75 Å². The molecule has 0 bridgehead atoms. The first-order valence-electron chi connectivity index (χ1n) is 8.24. The lowest BCUT2D eigenvalue weighted by Gasteiger charge is -2.10. The Kier molecular flexibility index (Phi) is 7.27. The number of benzene rings is 1. The van der Waals surface area contributed by atoms with E-state index in [2.05, 4.69) is 29.8 Å². The zero-order valence-corrected chi connectivity index (χ0v) is 16.7. The molecule has 0 radical (unpaired) electrons. The van der Waals surface area contributed by atoms with E-state index in [-0.39, 0.29) is 42.2 Å². The summed E-state index contributed by atoms with van der Waals surface area (Å²) in [5.41, 5.74) is 6.34. The number of halogens is 4. The van der Waals surface area contributed by atoms with E-state index in [9.17, 15) is 13.2 Å². The van der Waals surface area contributed by atoms with Crippen LogP contribution in [0.2, 0.25) is 0 Å². The summed E-state index contributed by atoms with van der Waals surface area (Å²) in [5.74, 6) is 1.56. The van der Waals surface area contributed by atoms with Gasteiger partial charge in [-0.1, -0.05) is 6.42 Å². The second-order valence-electron chi connectivity index (χ2n) is 5.89. The Balaban J connectivity index is 0.00000261. The van der Waals surface area contributed by atoms with Gasteiger partial charge in [0.2, 0.25) is 0 Å². The largest absolute Gasteiger partial charge is 0.573 e. The molecule has 3 rings (SSSR count). The number of anilines is 1. The van der Waals surface area contributed by atoms with Gasteiger partial charge in [-0.05, 0) is 37.1 Å².